The van der Waals surface area contributed by atoms with Crippen LogP contribution in [-0.2, 0) is 10.2 Å². The summed E-state index contributed by atoms with van der Waals surface area (Å²) < 4.78 is 0. The first-order chi connectivity index (χ1) is 9.82. The standard InChI is InChI=1S/C18H21NO2/c1-18(2,17(20)21)15-9-5-13(6-10-15)14-7-11-16(12-8-14)19(3)4/h5-12H,1-4H3,(H,20,21). The molecule has 2 aromatic rings. The normalized spacial score (nSPS) is 11.2. The molecule has 2 aromatic carbocycles. The average molecular weight is 283 g/mol. The summed E-state index contributed by atoms with van der Waals surface area (Å²) in [6, 6.07) is 16.0. The summed E-state index contributed by atoms with van der Waals surface area (Å²) in [6.45, 7) is 3.44. The SMILES string of the molecule is CN(C)c1ccc(-c2ccc(C(C)(C)C(=O)O)cc2)cc1. The lowest BCUT2D eigenvalue weighted by Crippen LogP contribution is -2.28. The number of carboxylic acids is 1. The molecule has 0 heterocycles. The van der Waals surface area contributed by atoms with Crippen molar-refractivity contribution in [2.24, 2.45) is 0 Å². The van der Waals surface area contributed by atoms with Gasteiger partial charge in [0.25, 0.3) is 0 Å². The van der Waals surface area contributed by atoms with Crippen LogP contribution in [0.1, 0.15) is 19.4 Å². The zero-order chi connectivity index (χ0) is 15.6. The van der Waals surface area contributed by atoms with E-state index in [1.807, 2.05) is 38.4 Å². The van der Waals surface area contributed by atoms with Crippen LogP contribution < -0.4 is 4.90 Å². The van der Waals surface area contributed by atoms with E-state index in [9.17, 15) is 9.90 Å². The van der Waals surface area contributed by atoms with Gasteiger partial charge >= 0.3 is 5.97 Å². The Balaban J connectivity index is 2.29. The van der Waals surface area contributed by atoms with Gasteiger partial charge in [-0.15, -0.1) is 0 Å². The number of carbonyl (C=O) groups is 1. The van der Waals surface area contributed by atoms with Crippen molar-refractivity contribution in [1.29, 1.82) is 0 Å². The molecule has 0 bridgehead atoms. The highest BCUT2D eigenvalue weighted by Gasteiger charge is 2.29. The van der Waals surface area contributed by atoms with E-state index < -0.39 is 11.4 Å². The maximum Gasteiger partial charge on any atom is 0.313 e. The molecule has 1 N–H and O–H groups in total. The minimum atomic E-state index is -0.868. The molecule has 0 saturated carbocycles. The zero-order valence-corrected chi connectivity index (χ0v) is 12.9. The van der Waals surface area contributed by atoms with E-state index in [0.29, 0.717) is 0 Å². The average Bonchev–Trinajstić information content (AvgIpc) is 2.47. The Bertz CT molecular complexity index is 625. The molecule has 0 fully saturated rings. The van der Waals surface area contributed by atoms with Gasteiger partial charge in [-0.25, -0.2) is 0 Å². The Labute approximate surface area is 125 Å². The first-order valence-electron chi connectivity index (χ1n) is 6.94. The smallest absolute Gasteiger partial charge is 0.313 e. The Morgan fingerprint density at radius 2 is 1.33 bits per heavy atom. The quantitative estimate of drug-likeness (QED) is 0.928. The van der Waals surface area contributed by atoms with Crippen molar-refractivity contribution in [3.63, 3.8) is 0 Å². The fourth-order valence-corrected chi connectivity index (χ4v) is 2.15. The monoisotopic (exact) mass is 283 g/mol. The molecule has 3 nitrogen and oxygen atoms in total. The van der Waals surface area contributed by atoms with E-state index in [4.69, 9.17) is 0 Å². The molecule has 3 heteroatoms. The summed E-state index contributed by atoms with van der Waals surface area (Å²) in [4.78, 5) is 13.3. The first-order valence-corrected chi connectivity index (χ1v) is 6.94. The van der Waals surface area contributed by atoms with Gasteiger partial charge < -0.3 is 10.0 Å². The van der Waals surface area contributed by atoms with Crippen LogP contribution in [0.2, 0.25) is 0 Å². The lowest BCUT2D eigenvalue weighted by molar-refractivity contribution is -0.142. The third-order valence-corrected chi connectivity index (χ3v) is 3.86. The van der Waals surface area contributed by atoms with Crippen LogP contribution >= 0.6 is 0 Å². The molecule has 0 radical (unpaired) electrons. The van der Waals surface area contributed by atoms with E-state index in [1.165, 1.54) is 0 Å². The Hall–Kier alpha value is -2.29. The van der Waals surface area contributed by atoms with Crippen molar-refractivity contribution in [2.45, 2.75) is 19.3 Å². The van der Waals surface area contributed by atoms with Gasteiger partial charge in [0.2, 0.25) is 0 Å². The van der Waals surface area contributed by atoms with Gasteiger partial charge in [-0.1, -0.05) is 36.4 Å². The highest BCUT2D eigenvalue weighted by atomic mass is 16.4. The van der Waals surface area contributed by atoms with Gasteiger partial charge in [0, 0.05) is 19.8 Å². The highest BCUT2D eigenvalue weighted by molar-refractivity contribution is 5.80. The number of aliphatic carboxylic acids is 1. The highest BCUT2D eigenvalue weighted by Crippen LogP contribution is 2.27. The van der Waals surface area contributed by atoms with Gasteiger partial charge in [0.05, 0.1) is 5.41 Å². The third kappa shape index (κ3) is 3.07. The predicted octanol–water partition coefficient (Wildman–Crippen LogP) is 3.78. The Kier molecular flexibility index (Phi) is 4.03. The van der Waals surface area contributed by atoms with Crippen molar-refractivity contribution in [1.82, 2.24) is 0 Å². The van der Waals surface area contributed by atoms with Crippen LogP contribution in [0, 0.1) is 0 Å². The van der Waals surface area contributed by atoms with Crippen molar-refractivity contribution >= 4 is 11.7 Å². The summed E-state index contributed by atoms with van der Waals surface area (Å²) in [5.74, 6) is -0.814. The van der Waals surface area contributed by atoms with Gasteiger partial charge in [-0.05, 0) is 42.7 Å². The second-order valence-corrected chi connectivity index (χ2v) is 5.95. The van der Waals surface area contributed by atoms with E-state index in [-0.39, 0.29) is 0 Å². The molecule has 0 unspecified atom stereocenters. The number of nitrogens with zero attached hydrogens (tertiary/aromatic N) is 1. The summed E-state index contributed by atoms with van der Waals surface area (Å²) in [5, 5.41) is 9.26. The first kappa shape index (κ1) is 15.1. The molecular weight excluding hydrogens is 262 g/mol. The van der Waals surface area contributed by atoms with Crippen LogP contribution in [-0.4, -0.2) is 25.2 Å². The van der Waals surface area contributed by atoms with Crippen molar-refractivity contribution in [2.75, 3.05) is 19.0 Å². The minimum absolute atomic E-state index is 0.809. The van der Waals surface area contributed by atoms with Crippen LogP contribution in [0.5, 0.6) is 0 Å². The van der Waals surface area contributed by atoms with Gasteiger partial charge in [0.1, 0.15) is 0 Å². The van der Waals surface area contributed by atoms with E-state index >= 15 is 0 Å². The van der Waals surface area contributed by atoms with Gasteiger partial charge in [-0.3, -0.25) is 4.79 Å². The molecule has 0 aliphatic carbocycles. The number of rotatable bonds is 4. The summed E-state index contributed by atoms with van der Waals surface area (Å²) >= 11 is 0. The van der Waals surface area contributed by atoms with Crippen LogP contribution in [0.25, 0.3) is 11.1 Å². The van der Waals surface area contributed by atoms with Crippen molar-refractivity contribution in [3.05, 3.63) is 54.1 Å². The molecule has 0 saturated heterocycles. The molecule has 0 aliphatic heterocycles. The number of benzene rings is 2. The molecule has 0 aromatic heterocycles. The molecule has 110 valence electrons. The Morgan fingerprint density at radius 3 is 1.71 bits per heavy atom. The van der Waals surface area contributed by atoms with E-state index in [2.05, 4.69) is 29.2 Å². The number of hydrogen-bond donors (Lipinski definition) is 1. The Morgan fingerprint density at radius 1 is 0.905 bits per heavy atom. The third-order valence-electron chi connectivity index (χ3n) is 3.86. The molecule has 0 aliphatic rings. The second kappa shape index (κ2) is 5.60. The van der Waals surface area contributed by atoms with E-state index in [0.717, 1.165) is 22.4 Å². The largest absolute Gasteiger partial charge is 0.481 e. The molecule has 0 atom stereocenters. The minimum Gasteiger partial charge on any atom is -0.481 e. The number of carboxylic acid groups (broad SMARTS) is 1. The van der Waals surface area contributed by atoms with Crippen LogP contribution in [0.3, 0.4) is 0 Å². The summed E-state index contributed by atoms with van der Waals surface area (Å²) in [7, 11) is 4.02. The molecule has 0 amide bonds. The van der Waals surface area contributed by atoms with E-state index in [1.54, 1.807) is 13.8 Å². The molecular formula is C18H21NO2. The van der Waals surface area contributed by atoms with Gasteiger partial charge in [0.15, 0.2) is 0 Å². The van der Waals surface area contributed by atoms with Crippen molar-refractivity contribution < 1.29 is 9.90 Å². The fourth-order valence-electron chi connectivity index (χ4n) is 2.15. The second-order valence-electron chi connectivity index (χ2n) is 5.95. The van der Waals surface area contributed by atoms with Crippen LogP contribution in [0.4, 0.5) is 5.69 Å². The maximum absolute atomic E-state index is 11.3. The zero-order valence-electron chi connectivity index (χ0n) is 12.9. The predicted molar refractivity (Wildman–Crippen MR) is 86.9 cm³/mol. The lowest BCUT2D eigenvalue weighted by atomic mass is 9.84. The summed E-state index contributed by atoms with van der Waals surface area (Å²) in [5.41, 5.74) is 3.31. The lowest BCUT2D eigenvalue weighted by Gasteiger charge is -2.20. The maximum atomic E-state index is 11.3. The fraction of sp³-hybridized carbons (Fsp3) is 0.278. The number of anilines is 1. The molecule has 21 heavy (non-hydrogen) atoms. The van der Waals surface area contributed by atoms with Gasteiger partial charge in [-0.2, -0.15) is 0 Å². The molecule has 0 spiro atoms. The van der Waals surface area contributed by atoms with Crippen LogP contribution in [0.15, 0.2) is 48.5 Å². The topological polar surface area (TPSA) is 40.5 Å². The molecule has 2 rings (SSSR count). The van der Waals surface area contributed by atoms with Crippen molar-refractivity contribution in [3.8, 4) is 11.1 Å². The number of hydrogen-bond acceptors (Lipinski definition) is 2. The summed E-state index contributed by atoms with van der Waals surface area (Å²) in [6.07, 6.45) is 0.